The summed E-state index contributed by atoms with van der Waals surface area (Å²) in [4.78, 5) is 103. The van der Waals surface area contributed by atoms with Gasteiger partial charge in [-0.1, -0.05) is 127 Å². The van der Waals surface area contributed by atoms with E-state index in [4.69, 9.17) is 14.5 Å². The first-order valence-corrected chi connectivity index (χ1v) is 31.6. The average molecular weight is 1130 g/mol. The maximum atomic E-state index is 15.0. The number of likely N-dealkylation sites (tertiary alicyclic amines) is 1. The normalized spacial score (nSPS) is 17.9. The van der Waals surface area contributed by atoms with Crippen LogP contribution in [0.3, 0.4) is 0 Å². The summed E-state index contributed by atoms with van der Waals surface area (Å²) in [6.45, 7) is 16.1. The van der Waals surface area contributed by atoms with Crippen LogP contribution in [0.15, 0.2) is 29.6 Å². The molecule has 20 heteroatoms. The molecule has 2 heterocycles. The minimum atomic E-state index is -1.01. The molecule has 2 aliphatic rings. The molecule has 1 aromatic carbocycles. The molecular weight excluding hydrogens is 1040 g/mol. The van der Waals surface area contributed by atoms with Crippen molar-refractivity contribution in [1.82, 2.24) is 36.1 Å². The number of aromatic hydroxyl groups is 1. The van der Waals surface area contributed by atoms with E-state index in [1.54, 1.807) is 39.1 Å². The lowest BCUT2D eigenvalue weighted by molar-refractivity contribution is -0.161. The van der Waals surface area contributed by atoms with E-state index < -0.39 is 53.9 Å². The van der Waals surface area contributed by atoms with Crippen molar-refractivity contribution in [2.75, 3.05) is 44.9 Å². The lowest BCUT2D eigenvalue weighted by Crippen LogP contribution is -2.59. The van der Waals surface area contributed by atoms with Crippen molar-refractivity contribution in [3.05, 3.63) is 45.9 Å². The highest BCUT2D eigenvalue weighted by molar-refractivity contribution is 8.76. The number of amides is 5. The van der Waals surface area contributed by atoms with E-state index in [9.17, 15) is 33.9 Å². The smallest absolute Gasteiger partial charge is 0.307 e. The third-order valence-electron chi connectivity index (χ3n) is 14.7. The average Bonchev–Trinajstić information content (AvgIpc) is 3.88. The molecule has 0 radical (unpaired) electrons. The molecule has 2 fully saturated rings. The Balaban J connectivity index is 1.46. The minimum Gasteiger partial charge on any atom is -0.508 e. The molecule has 2 aromatic rings. The van der Waals surface area contributed by atoms with Crippen molar-refractivity contribution in [1.29, 1.82) is 0 Å². The Bertz CT molecular complexity index is 2150. The van der Waals surface area contributed by atoms with Crippen LogP contribution in [0.2, 0.25) is 0 Å². The topological polar surface area (TPSA) is 226 Å². The summed E-state index contributed by atoms with van der Waals surface area (Å²) >= 11 is 1.14. The van der Waals surface area contributed by atoms with Gasteiger partial charge >= 0.3 is 11.9 Å². The number of hydrogen-bond donors (Lipinski definition) is 5. The first-order chi connectivity index (χ1) is 36.8. The van der Waals surface area contributed by atoms with Gasteiger partial charge in [0.1, 0.15) is 22.5 Å². The van der Waals surface area contributed by atoms with Crippen LogP contribution < -0.4 is 21.3 Å². The van der Waals surface area contributed by atoms with Crippen molar-refractivity contribution in [3.63, 3.8) is 0 Å². The lowest BCUT2D eigenvalue weighted by Gasteiger charge is -2.39. The number of thiazole rings is 1. The molecule has 0 spiro atoms. The number of aryl methyl sites for hydroxylation is 1. The Hall–Kier alpha value is -4.40. The van der Waals surface area contributed by atoms with E-state index in [0.717, 1.165) is 67.7 Å². The predicted octanol–water partition coefficient (Wildman–Crippen LogP) is 8.99. The molecule has 4 rings (SSSR count). The van der Waals surface area contributed by atoms with Gasteiger partial charge in [0.2, 0.25) is 23.6 Å². The number of nitrogens with zero attached hydrogens (tertiary/aromatic N) is 3. The van der Waals surface area contributed by atoms with E-state index in [1.807, 2.05) is 72.5 Å². The van der Waals surface area contributed by atoms with Crippen molar-refractivity contribution >= 4 is 74.4 Å². The highest BCUT2D eigenvalue weighted by Gasteiger charge is 2.40. The minimum absolute atomic E-state index is 0.0114. The second-order valence-electron chi connectivity index (χ2n) is 21.9. The van der Waals surface area contributed by atoms with Crippen molar-refractivity contribution in [2.24, 2.45) is 29.6 Å². The van der Waals surface area contributed by atoms with Gasteiger partial charge in [0.25, 0.3) is 5.91 Å². The van der Waals surface area contributed by atoms with Gasteiger partial charge in [-0.25, -0.2) is 4.98 Å². The molecule has 5 amide bonds. The fourth-order valence-corrected chi connectivity index (χ4v) is 12.6. The number of aromatic nitrogens is 1. The number of nitrogens with one attached hydrogen (secondary N) is 4. The lowest BCUT2D eigenvalue weighted by atomic mass is 9.90. The zero-order valence-corrected chi connectivity index (χ0v) is 49.9. The Morgan fingerprint density at radius 1 is 0.844 bits per heavy atom. The zero-order valence-electron chi connectivity index (χ0n) is 47.4. The van der Waals surface area contributed by atoms with Crippen LogP contribution >= 0.6 is 32.9 Å². The molecule has 17 nitrogen and oxygen atoms in total. The molecule has 0 bridgehead atoms. The van der Waals surface area contributed by atoms with E-state index in [1.165, 1.54) is 31.1 Å². The summed E-state index contributed by atoms with van der Waals surface area (Å²) in [6.07, 6.45) is 11.6. The summed E-state index contributed by atoms with van der Waals surface area (Å²) in [5.74, 6) is -1.43. The summed E-state index contributed by atoms with van der Waals surface area (Å²) in [7, 11) is 5.23. The monoisotopic (exact) mass is 1130 g/mol. The van der Waals surface area contributed by atoms with E-state index in [0.29, 0.717) is 56.0 Å². The number of carbonyl (C=O) groups is 7. The number of piperidine rings is 1. The Kier molecular flexibility index (Phi) is 29.2. The van der Waals surface area contributed by atoms with E-state index in [-0.39, 0.29) is 78.5 Å². The summed E-state index contributed by atoms with van der Waals surface area (Å²) in [5.41, 5.74) is 1.04. The maximum Gasteiger partial charge on any atom is 0.307 e. The fraction of sp³-hybridized carbons (Fsp3) is 0.719. The van der Waals surface area contributed by atoms with Crippen molar-refractivity contribution < 1.29 is 48.1 Å². The number of likely N-dealkylation sites (N-methyl/N-ethyl adjacent to an activating group) is 1. The molecule has 1 aliphatic carbocycles. The van der Waals surface area contributed by atoms with Crippen LogP contribution in [-0.4, -0.2) is 130 Å². The Labute approximate surface area is 470 Å². The van der Waals surface area contributed by atoms with Crippen LogP contribution in [0, 0.1) is 29.6 Å². The Morgan fingerprint density at radius 2 is 1.49 bits per heavy atom. The largest absolute Gasteiger partial charge is 0.508 e. The van der Waals surface area contributed by atoms with Crippen LogP contribution in [0.25, 0.3) is 0 Å². The van der Waals surface area contributed by atoms with Gasteiger partial charge in [0.15, 0.2) is 12.8 Å². The predicted molar refractivity (Wildman–Crippen MR) is 307 cm³/mol. The standard InChI is InChI=1S/C57H91N7O10S3/c1-10-39(6)51(62-55(71)47-20-16-17-29-63(47)9)57(72)64(36-73-50(67)32-37(2)3)48(38(4)5)34-49(74-41(8)65)56-61-46(35-75-56)54(70)60-44(24-21-42-22-25-45(66)26-23-42)33-40(7)52(68)58-27-30-76-77-31-28-59-53(69)43-18-14-12-11-13-15-19-43/h22-23,25-26,35,37-40,43-44,47-49,51,66H,10-21,24,27-34,36H2,1-9H3,(H,58,68)(H,59,69)(H,60,70)(H,62,71)/t39-,40-,44-,47?,48+,49+,51-/m0/s1. The first-order valence-electron chi connectivity index (χ1n) is 28.3. The summed E-state index contributed by atoms with van der Waals surface area (Å²) in [5, 5.41) is 24.2. The van der Waals surface area contributed by atoms with Crippen LogP contribution in [0.5, 0.6) is 5.75 Å². The van der Waals surface area contributed by atoms with Gasteiger partial charge < -0.3 is 40.7 Å². The van der Waals surface area contributed by atoms with Crippen molar-refractivity contribution in [3.8, 4) is 5.75 Å². The van der Waals surface area contributed by atoms with Gasteiger partial charge in [-0.15, -0.1) is 11.3 Å². The molecular formula is C57H91N7O10S3. The SMILES string of the molecule is CC[C@H](C)[C@H](NC(=O)C1CCCCN1C)C(=O)N(COC(=O)CC(C)C)[C@H](C[C@@H](OC(C)=O)c1nc(C(=O)N[C@@H](CCc2ccc(O)cc2)C[C@H](C)C(=O)NCCSSCCNC(=O)C2CCCCCCC2)cs1)C(C)C. The fourth-order valence-electron chi connectivity index (χ4n) is 9.92. The highest BCUT2D eigenvalue weighted by atomic mass is 33.1. The maximum absolute atomic E-state index is 15.0. The molecule has 1 saturated carbocycles. The third kappa shape index (κ3) is 23.1. The van der Waals surface area contributed by atoms with Crippen LogP contribution in [-0.2, 0) is 44.7 Å². The van der Waals surface area contributed by atoms with Crippen LogP contribution in [0.1, 0.15) is 179 Å². The summed E-state index contributed by atoms with van der Waals surface area (Å²) in [6, 6.07) is 4.40. The number of carbonyl (C=O) groups excluding carboxylic acids is 7. The number of phenols is 1. The number of rotatable bonds is 31. The number of ether oxygens (including phenoxy) is 2. The third-order valence-corrected chi connectivity index (χ3v) is 18.0. The number of hydrogen-bond acceptors (Lipinski definition) is 15. The molecule has 5 N–H and O–H groups in total. The number of esters is 2. The zero-order chi connectivity index (χ0) is 56.4. The number of phenolic OH excluding ortho intramolecular Hbond substituents is 1. The van der Waals surface area contributed by atoms with E-state index >= 15 is 4.79 Å². The second kappa shape index (κ2) is 34.6. The first kappa shape index (κ1) is 65.1. The van der Waals surface area contributed by atoms with E-state index in [2.05, 4.69) is 21.3 Å². The molecule has 1 aliphatic heterocycles. The second-order valence-corrected chi connectivity index (χ2v) is 25.5. The summed E-state index contributed by atoms with van der Waals surface area (Å²) < 4.78 is 11.7. The van der Waals surface area contributed by atoms with Gasteiger partial charge in [-0.05, 0) is 94.0 Å². The van der Waals surface area contributed by atoms with Crippen molar-refractivity contribution in [2.45, 2.75) is 188 Å². The molecule has 1 saturated heterocycles. The molecule has 1 unspecified atom stereocenters. The number of benzene rings is 1. The quantitative estimate of drug-likeness (QED) is 0.0206. The molecule has 77 heavy (non-hydrogen) atoms. The van der Waals surface area contributed by atoms with Gasteiger partial charge in [-0.2, -0.15) is 0 Å². The molecule has 1 aromatic heterocycles. The Morgan fingerprint density at radius 3 is 2.12 bits per heavy atom. The molecule has 7 atom stereocenters. The van der Waals surface area contributed by atoms with Gasteiger partial charge in [-0.3, -0.25) is 38.5 Å². The molecule has 432 valence electrons. The van der Waals surface area contributed by atoms with Crippen LogP contribution in [0.4, 0.5) is 0 Å². The van der Waals surface area contributed by atoms with Gasteiger partial charge in [0.05, 0.1) is 6.04 Å². The van der Waals surface area contributed by atoms with Gasteiger partial charge in [0, 0.05) is 73.7 Å². The highest BCUT2D eigenvalue weighted by Crippen LogP contribution is 2.32.